The maximum Gasteiger partial charge on any atom is 0.224 e. The highest BCUT2D eigenvalue weighted by Gasteiger charge is 2.33. The van der Waals surface area contributed by atoms with Crippen molar-refractivity contribution in [3.8, 4) is 0 Å². The Bertz CT molecular complexity index is 575. The van der Waals surface area contributed by atoms with E-state index in [1.165, 1.54) is 77.0 Å². The maximum atomic E-state index is 12.6. The first-order valence-electron chi connectivity index (χ1n) is 12.9. The minimum Gasteiger partial charge on any atom is -0.381 e. The lowest BCUT2D eigenvalue weighted by Gasteiger charge is -2.20. The van der Waals surface area contributed by atoms with Crippen LogP contribution >= 0.6 is 23.2 Å². The van der Waals surface area contributed by atoms with Gasteiger partial charge in [0.15, 0.2) is 0 Å². The van der Waals surface area contributed by atoms with Crippen LogP contribution in [0.25, 0.3) is 0 Å². The highest BCUT2D eigenvalue weighted by atomic mass is 35.5. The Labute approximate surface area is 206 Å². The normalized spacial score (nSPS) is 14.5. The lowest BCUT2D eigenvalue weighted by molar-refractivity contribution is -0.116. The molecule has 0 fully saturated rings. The molecule has 0 amide bonds. The number of carbonyl (C=O) groups excluding carboxylic acids is 2. The lowest BCUT2D eigenvalue weighted by atomic mass is 10.0. The Kier molecular flexibility index (Phi) is 16.7. The van der Waals surface area contributed by atoms with Crippen LogP contribution in [0.5, 0.6) is 0 Å². The molecule has 1 aliphatic carbocycles. The molecule has 1 rings (SSSR count). The summed E-state index contributed by atoms with van der Waals surface area (Å²) in [6.07, 6.45) is 19.3. The van der Waals surface area contributed by atoms with E-state index in [0.29, 0.717) is 13.1 Å². The van der Waals surface area contributed by atoms with Crippen LogP contribution in [-0.2, 0) is 9.59 Å². The number of allylic oxidation sites excluding steroid dienone is 2. The molecule has 2 N–H and O–H groups in total. The molecule has 4 nitrogen and oxygen atoms in total. The molecule has 0 spiro atoms. The number of nitrogens with one attached hydrogen (secondary N) is 2. The van der Waals surface area contributed by atoms with Crippen LogP contribution in [0.4, 0.5) is 0 Å². The van der Waals surface area contributed by atoms with Crippen LogP contribution in [0.15, 0.2) is 21.5 Å². The molecule has 0 saturated carbocycles. The molecule has 1 aliphatic rings. The van der Waals surface area contributed by atoms with Gasteiger partial charge in [0.1, 0.15) is 21.5 Å². The summed E-state index contributed by atoms with van der Waals surface area (Å²) in [6, 6.07) is 0. The Morgan fingerprint density at radius 2 is 0.781 bits per heavy atom. The topological polar surface area (TPSA) is 58.2 Å². The van der Waals surface area contributed by atoms with Crippen LogP contribution in [0.3, 0.4) is 0 Å². The first kappa shape index (κ1) is 29.0. The van der Waals surface area contributed by atoms with E-state index in [1.54, 1.807) is 0 Å². The zero-order valence-corrected chi connectivity index (χ0v) is 21.8. The van der Waals surface area contributed by atoms with Crippen molar-refractivity contribution in [2.75, 3.05) is 13.1 Å². The molecule has 0 heterocycles. The van der Waals surface area contributed by atoms with Crippen molar-refractivity contribution in [3.63, 3.8) is 0 Å². The van der Waals surface area contributed by atoms with Crippen LogP contribution in [-0.4, -0.2) is 24.7 Å². The Morgan fingerprint density at radius 3 is 1.09 bits per heavy atom. The van der Waals surface area contributed by atoms with Crippen molar-refractivity contribution in [1.82, 2.24) is 10.6 Å². The zero-order valence-electron chi connectivity index (χ0n) is 20.3. The van der Waals surface area contributed by atoms with Crippen LogP contribution < -0.4 is 10.6 Å². The molecule has 0 aromatic carbocycles. The largest absolute Gasteiger partial charge is 0.381 e. The fourth-order valence-electron chi connectivity index (χ4n) is 3.91. The van der Waals surface area contributed by atoms with Crippen molar-refractivity contribution >= 4 is 34.8 Å². The summed E-state index contributed by atoms with van der Waals surface area (Å²) in [5.74, 6) is -0.788. The van der Waals surface area contributed by atoms with Crippen LogP contribution in [0.2, 0.25) is 0 Å². The van der Waals surface area contributed by atoms with E-state index >= 15 is 0 Å². The molecule has 0 saturated heterocycles. The summed E-state index contributed by atoms with van der Waals surface area (Å²) in [4.78, 5) is 25.3. The van der Waals surface area contributed by atoms with Crippen molar-refractivity contribution in [2.45, 2.75) is 117 Å². The molecule has 184 valence electrons. The van der Waals surface area contributed by atoms with Crippen LogP contribution in [0, 0.1) is 0 Å². The van der Waals surface area contributed by atoms with Gasteiger partial charge in [0.05, 0.1) is 0 Å². The van der Waals surface area contributed by atoms with E-state index in [2.05, 4.69) is 24.5 Å². The van der Waals surface area contributed by atoms with Gasteiger partial charge in [-0.15, -0.1) is 0 Å². The predicted molar refractivity (Wildman–Crippen MR) is 137 cm³/mol. The van der Waals surface area contributed by atoms with E-state index < -0.39 is 11.6 Å². The Morgan fingerprint density at radius 1 is 0.500 bits per heavy atom. The van der Waals surface area contributed by atoms with Gasteiger partial charge in [-0.1, -0.05) is 127 Å². The Hall–Kier alpha value is -1.00. The summed E-state index contributed by atoms with van der Waals surface area (Å²) in [5.41, 5.74) is 0.282. The molecule has 0 atom stereocenters. The van der Waals surface area contributed by atoms with E-state index in [-0.39, 0.29) is 21.5 Å². The van der Waals surface area contributed by atoms with E-state index in [1.807, 2.05) is 0 Å². The van der Waals surface area contributed by atoms with E-state index in [0.717, 1.165) is 25.7 Å². The number of hydrogen-bond acceptors (Lipinski definition) is 4. The van der Waals surface area contributed by atoms with Gasteiger partial charge in [-0.05, 0) is 12.8 Å². The minimum atomic E-state index is -0.394. The number of carbonyl (C=O) groups is 2. The van der Waals surface area contributed by atoms with Crippen molar-refractivity contribution < 1.29 is 9.59 Å². The van der Waals surface area contributed by atoms with Gasteiger partial charge in [-0.3, -0.25) is 9.59 Å². The summed E-state index contributed by atoms with van der Waals surface area (Å²) < 4.78 is 0. The summed E-state index contributed by atoms with van der Waals surface area (Å²) in [5, 5.41) is 5.98. The number of ketones is 2. The fourth-order valence-corrected chi connectivity index (χ4v) is 4.40. The van der Waals surface area contributed by atoms with Crippen molar-refractivity contribution in [3.05, 3.63) is 21.5 Å². The molecule has 0 aromatic heterocycles. The quantitative estimate of drug-likeness (QED) is 0.138. The van der Waals surface area contributed by atoms with E-state index in [4.69, 9.17) is 23.2 Å². The maximum absolute atomic E-state index is 12.6. The highest BCUT2D eigenvalue weighted by Crippen LogP contribution is 2.27. The van der Waals surface area contributed by atoms with Gasteiger partial charge in [-0.2, -0.15) is 0 Å². The monoisotopic (exact) mass is 486 g/mol. The second-order valence-corrected chi connectivity index (χ2v) is 9.60. The van der Waals surface area contributed by atoms with Gasteiger partial charge in [-0.25, -0.2) is 0 Å². The number of hydrogen-bond donors (Lipinski definition) is 2. The van der Waals surface area contributed by atoms with Crippen molar-refractivity contribution in [2.24, 2.45) is 0 Å². The number of halogens is 2. The smallest absolute Gasteiger partial charge is 0.224 e. The molecular formula is C26H44Cl2N2O2. The van der Waals surface area contributed by atoms with Gasteiger partial charge < -0.3 is 10.6 Å². The van der Waals surface area contributed by atoms with Crippen LogP contribution in [0.1, 0.15) is 117 Å². The molecule has 0 aliphatic heterocycles. The first-order valence-corrected chi connectivity index (χ1v) is 13.7. The third-order valence-electron chi connectivity index (χ3n) is 5.96. The standard InChI is InChI=1S/C26H44Cl2N2O2/c1-3-5-7-9-11-13-15-17-19-29-23-21(27)26(32)24(22(28)25(23)31)30-20-18-16-14-12-10-8-6-4-2/h29-30H,3-20H2,1-2H3. The summed E-state index contributed by atoms with van der Waals surface area (Å²) in [7, 11) is 0. The third kappa shape index (κ3) is 11.2. The molecule has 0 radical (unpaired) electrons. The lowest BCUT2D eigenvalue weighted by Crippen LogP contribution is -2.34. The van der Waals surface area contributed by atoms with Gasteiger partial charge in [0.25, 0.3) is 0 Å². The second kappa shape index (κ2) is 18.4. The molecule has 0 aromatic rings. The zero-order chi connectivity index (χ0) is 23.6. The average Bonchev–Trinajstić information content (AvgIpc) is 2.79. The predicted octanol–water partition coefficient (Wildman–Crippen LogP) is 7.50. The summed E-state index contributed by atoms with van der Waals surface area (Å²) >= 11 is 12.5. The minimum absolute atomic E-state index is 0.0580. The SMILES string of the molecule is CCCCCCCCCCNC1=C(Cl)C(=O)C(NCCCCCCCCCC)=C(Cl)C1=O. The Balaban J connectivity index is 2.30. The fraction of sp³-hybridized carbons (Fsp3) is 0.769. The highest BCUT2D eigenvalue weighted by molar-refractivity contribution is 6.55. The number of unbranched alkanes of at least 4 members (excludes halogenated alkanes) is 14. The number of Topliss-reactive ketones (excluding diaryl/α,β-unsaturated/α-hetero) is 2. The van der Waals surface area contributed by atoms with E-state index in [9.17, 15) is 9.59 Å². The van der Waals surface area contributed by atoms with Gasteiger partial charge in [0, 0.05) is 13.1 Å². The van der Waals surface area contributed by atoms with Crippen molar-refractivity contribution in [1.29, 1.82) is 0 Å². The van der Waals surface area contributed by atoms with Gasteiger partial charge in [0.2, 0.25) is 11.6 Å². The molecule has 6 heteroatoms. The molecule has 32 heavy (non-hydrogen) atoms. The third-order valence-corrected chi connectivity index (χ3v) is 6.68. The summed E-state index contributed by atoms with van der Waals surface area (Å²) in [6.45, 7) is 5.68. The number of rotatable bonds is 20. The average molecular weight is 488 g/mol. The second-order valence-electron chi connectivity index (χ2n) is 8.84. The molecule has 0 unspecified atom stereocenters. The van der Waals surface area contributed by atoms with Gasteiger partial charge >= 0.3 is 0 Å². The molecular weight excluding hydrogens is 443 g/mol. The molecule has 0 bridgehead atoms. The first-order chi connectivity index (χ1) is 15.5.